The molecule has 2 aromatic rings. The lowest BCUT2D eigenvalue weighted by Crippen LogP contribution is -2.39. The summed E-state index contributed by atoms with van der Waals surface area (Å²) in [5, 5.41) is 0.0217. The van der Waals surface area contributed by atoms with Gasteiger partial charge in [0.2, 0.25) is 0 Å². The maximum absolute atomic E-state index is 12.9. The Balaban J connectivity index is 2.03. The van der Waals surface area contributed by atoms with Gasteiger partial charge < -0.3 is 9.55 Å². The SMILES string of the molecule is Cc1nc([C@H]2CCCCN2S(=O)(=O)c2cn(C)cn2)cc(=O)[nH]1. The number of sulfonamides is 1. The van der Waals surface area contributed by atoms with E-state index >= 15 is 0 Å². The molecule has 0 bridgehead atoms. The number of aryl methyl sites for hydroxylation is 2. The molecule has 1 N–H and O–H groups in total. The van der Waals surface area contributed by atoms with Gasteiger partial charge in [0.05, 0.1) is 18.1 Å². The number of aromatic nitrogens is 4. The number of piperidine rings is 1. The largest absolute Gasteiger partial charge is 0.339 e. The van der Waals surface area contributed by atoms with Crippen LogP contribution in [0.2, 0.25) is 0 Å². The van der Waals surface area contributed by atoms with Crippen LogP contribution in [-0.2, 0) is 17.1 Å². The summed E-state index contributed by atoms with van der Waals surface area (Å²) in [7, 11) is -1.99. The van der Waals surface area contributed by atoms with E-state index in [1.165, 1.54) is 22.9 Å². The number of hydrogen-bond acceptors (Lipinski definition) is 5. The minimum Gasteiger partial charge on any atom is -0.339 e. The summed E-state index contributed by atoms with van der Waals surface area (Å²) in [5.41, 5.74) is 0.221. The molecule has 1 atom stereocenters. The Morgan fingerprint density at radius 2 is 2.13 bits per heavy atom. The van der Waals surface area contributed by atoms with Crippen LogP contribution in [0, 0.1) is 6.92 Å². The molecule has 3 rings (SSSR count). The van der Waals surface area contributed by atoms with E-state index in [1.807, 2.05) is 0 Å². The van der Waals surface area contributed by atoms with Crippen LogP contribution in [0.1, 0.15) is 36.8 Å². The summed E-state index contributed by atoms with van der Waals surface area (Å²) >= 11 is 0. The predicted octanol–water partition coefficient (Wildman–Crippen LogP) is 0.728. The Morgan fingerprint density at radius 3 is 2.78 bits per heavy atom. The molecule has 0 aromatic carbocycles. The van der Waals surface area contributed by atoms with Crippen molar-refractivity contribution in [2.24, 2.45) is 7.05 Å². The van der Waals surface area contributed by atoms with E-state index in [9.17, 15) is 13.2 Å². The quantitative estimate of drug-likeness (QED) is 0.890. The van der Waals surface area contributed by atoms with E-state index in [4.69, 9.17) is 0 Å². The fourth-order valence-electron chi connectivity index (χ4n) is 2.90. The van der Waals surface area contributed by atoms with Gasteiger partial charge in [0.1, 0.15) is 5.82 Å². The molecular formula is C14H19N5O3S. The van der Waals surface area contributed by atoms with E-state index in [-0.39, 0.29) is 10.6 Å². The number of imidazole rings is 1. The van der Waals surface area contributed by atoms with Gasteiger partial charge >= 0.3 is 0 Å². The van der Waals surface area contributed by atoms with Crippen LogP contribution >= 0.6 is 0 Å². The topological polar surface area (TPSA) is 101 Å². The van der Waals surface area contributed by atoms with Gasteiger partial charge in [-0.3, -0.25) is 4.79 Å². The normalized spacial score (nSPS) is 19.8. The molecule has 2 aromatic heterocycles. The van der Waals surface area contributed by atoms with Crippen molar-refractivity contribution in [1.29, 1.82) is 0 Å². The highest BCUT2D eigenvalue weighted by Gasteiger charge is 2.36. The molecular weight excluding hydrogens is 318 g/mol. The Bertz CT molecular complexity index is 871. The summed E-state index contributed by atoms with van der Waals surface area (Å²) in [6.07, 6.45) is 5.26. The van der Waals surface area contributed by atoms with Crippen molar-refractivity contribution < 1.29 is 8.42 Å². The van der Waals surface area contributed by atoms with Crippen molar-refractivity contribution in [1.82, 2.24) is 23.8 Å². The maximum Gasteiger partial charge on any atom is 0.262 e. The molecule has 23 heavy (non-hydrogen) atoms. The minimum atomic E-state index is -3.72. The average molecular weight is 337 g/mol. The van der Waals surface area contributed by atoms with Gasteiger partial charge in [-0.1, -0.05) is 6.42 Å². The molecule has 0 amide bonds. The molecule has 1 fully saturated rings. The average Bonchev–Trinajstić information content (AvgIpc) is 2.94. The Labute approximate surface area is 134 Å². The number of nitrogens with zero attached hydrogens (tertiary/aromatic N) is 4. The Morgan fingerprint density at radius 1 is 1.35 bits per heavy atom. The third-order valence-electron chi connectivity index (χ3n) is 3.93. The van der Waals surface area contributed by atoms with Crippen molar-refractivity contribution in [2.75, 3.05) is 6.54 Å². The summed E-state index contributed by atoms with van der Waals surface area (Å²) in [5.74, 6) is 0.480. The van der Waals surface area contributed by atoms with Gasteiger partial charge in [-0.05, 0) is 19.8 Å². The van der Waals surface area contributed by atoms with Crippen LogP contribution < -0.4 is 5.56 Å². The molecule has 1 aliphatic rings. The first kappa shape index (κ1) is 15.9. The first-order chi connectivity index (χ1) is 10.9. The molecule has 0 aliphatic carbocycles. The molecule has 8 nitrogen and oxygen atoms in total. The van der Waals surface area contributed by atoms with Crippen molar-refractivity contribution in [3.63, 3.8) is 0 Å². The van der Waals surface area contributed by atoms with Gasteiger partial charge in [-0.15, -0.1) is 0 Å². The van der Waals surface area contributed by atoms with Crippen LogP contribution in [0.4, 0.5) is 0 Å². The standard InChI is InChI=1S/C14H19N5O3S/c1-10-16-11(7-13(20)17-10)12-5-3-4-6-19(12)23(21,22)14-8-18(2)9-15-14/h7-9,12H,3-6H2,1-2H3,(H,16,17,20)/t12-/m1/s1. The fourth-order valence-corrected chi connectivity index (χ4v) is 4.54. The van der Waals surface area contributed by atoms with Crippen molar-refractivity contribution in [3.8, 4) is 0 Å². The first-order valence-electron chi connectivity index (χ1n) is 7.45. The van der Waals surface area contributed by atoms with E-state index in [2.05, 4.69) is 15.0 Å². The molecule has 1 saturated heterocycles. The van der Waals surface area contributed by atoms with E-state index in [0.717, 1.165) is 12.8 Å². The second-order valence-electron chi connectivity index (χ2n) is 5.76. The second kappa shape index (κ2) is 5.89. The summed E-state index contributed by atoms with van der Waals surface area (Å²) in [6, 6.07) is 0.945. The van der Waals surface area contributed by atoms with Crippen molar-refractivity contribution >= 4 is 10.0 Å². The molecule has 1 aliphatic heterocycles. The molecule has 0 radical (unpaired) electrons. The van der Waals surface area contributed by atoms with Crippen LogP contribution in [-0.4, -0.2) is 38.8 Å². The fraction of sp³-hybridized carbons (Fsp3) is 0.500. The Kier molecular flexibility index (Phi) is 4.07. The molecule has 0 spiro atoms. The second-order valence-corrected chi connectivity index (χ2v) is 7.60. The van der Waals surface area contributed by atoms with Crippen molar-refractivity contribution in [2.45, 2.75) is 37.3 Å². The van der Waals surface area contributed by atoms with E-state index in [0.29, 0.717) is 24.5 Å². The number of H-pyrrole nitrogens is 1. The zero-order valence-corrected chi connectivity index (χ0v) is 13.9. The monoisotopic (exact) mass is 337 g/mol. The number of aromatic amines is 1. The minimum absolute atomic E-state index is 0.0217. The van der Waals surface area contributed by atoms with Gasteiger partial charge in [-0.2, -0.15) is 4.31 Å². The van der Waals surface area contributed by atoms with Gasteiger partial charge in [0.15, 0.2) is 5.03 Å². The van der Waals surface area contributed by atoms with Crippen LogP contribution in [0.25, 0.3) is 0 Å². The van der Waals surface area contributed by atoms with Crippen molar-refractivity contribution in [3.05, 3.63) is 40.5 Å². The highest BCUT2D eigenvalue weighted by Crippen LogP contribution is 2.33. The summed E-state index contributed by atoms with van der Waals surface area (Å²) < 4.78 is 28.8. The maximum atomic E-state index is 12.9. The highest BCUT2D eigenvalue weighted by molar-refractivity contribution is 7.89. The van der Waals surface area contributed by atoms with Crippen LogP contribution in [0.3, 0.4) is 0 Å². The lowest BCUT2D eigenvalue weighted by molar-refractivity contribution is 0.250. The Hall–Kier alpha value is -2.00. The summed E-state index contributed by atoms with van der Waals surface area (Å²) in [4.78, 5) is 22.6. The highest BCUT2D eigenvalue weighted by atomic mass is 32.2. The molecule has 3 heterocycles. The lowest BCUT2D eigenvalue weighted by Gasteiger charge is -2.33. The lowest BCUT2D eigenvalue weighted by atomic mass is 10.0. The molecule has 124 valence electrons. The predicted molar refractivity (Wildman–Crippen MR) is 83.3 cm³/mol. The van der Waals surface area contributed by atoms with E-state index in [1.54, 1.807) is 18.5 Å². The third-order valence-corrected chi connectivity index (χ3v) is 5.72. The van der Waals surface area contributed by atoms with Gasteiger partial charge in [0.25, 0.3) is 15.6 Å². The van der Waals surface area contributed by atoms with Gasteiger partial charge in [0, 0.05) is 25.9 Å². The molecule has 9 heteroatoms. The number of hydrogen-bond donors (Lipinski definition) is 1. The van der Waals surface area contributed by atoms with Gasteiger partial charge in [-0.25, -0.2) is 18.4 Å². The van der Waals surface area contributed by atoms with Crippen LogP contribution in [0.15, 0.2) is 28.4 Å². The molecule has 0 unspecified atom stereocenters. The number of nitrogens with one attached hydrogen (secondary N) is 1. The van der Waals surface area contributed by atoms with E-state index < -0.39 is 16.1 Å². The summed E-state index contributed by atoms with van der Waals surface area (Å²) in [6.45, 7) is 2.09. The molecule has 0 saturated carbocycles. The zero-order valence-electron chi connectivity index (χ0n) is 13.1. The third kappa shape index (κ3) is 3.06. The zero-order chi connectivity index (χ0) is 16.6. The number of rotatable bonds is 3. The first-order valence-corrected chi connectivity index (χ1v) is 8.89. The van der Waals surface area contributed by atoms with Crippen LogP contribution in [0.5, 0.6) is 0 Å². The smallest absolute Gasteiger partial charge is 0.262 e.